The SMILES string of the molecule is Cc1cccc(-c2c(C(=O)C3CCCCC3)c(O)c(O)n2-c2ccc3nc[nH]c3c2)n1. The highest BCUT2D eigenvalue weighted by molar-refractivity contribution is 6.07. The number of benzene rings is 1. The number of carbonyl (C=O) groups is 1. The number of aromatic hydroxyl groups is 2. The number of rotatable bonds is 4. The Bertz CT molecular complexity index is 1280. The molecular formula is C24H24N4O3. The average molecular weight is 416 g/mol. The van der Waals surface area contributed by atoms with Crippen molar-refractivity contribution in [1.82, 2.24) is 19.5 Å². The number of pyridine rings is 1. The molecule has 7 heteroatoms. The van der Waals surface area contributed by atoms with Gasteiger partial charge in [-0.2, -0.15) is 0 Å². The Labute approximate surface area is 179 Å². The highest BCUT2D eigenvalue weighted by Crippen LogP contribution is 2.45. The van der Waals surface area contributed by atoms with Crippen molar-refractivity contribution in [2.24, 2.45) is 5.92 Å². The first-order chi connectivity index (χ1) is 15.0. The number of Topliss-reactive ketones (excluding diaryl/α,β-unsaturated/α-hetero) is 1. The fourth-order valence-electron chi connectivity index (χ4n) is 4.58. The number of aromatic amines is 1. The standard InChI is InChI=1S/C24H24N4O3/c1-14-6-5-9-18(27-14)21-20(22(29)15-7-3-2-4-8-15)23(30)24(31)28(21)16-10-11-17-19(12-16)26-13-25-17/h5-6,9-13,15,30-31H,2-4,7-8H2,1H3,(H,25,26). The van der Waals surface area contributed by atoms with E-state index in [1.165, 1.54) is 4.57 Å². The van der Waals surface area contributed by atoms with E-state index in [0.29, 0.717) is 17.1 Å². The van der Waals surface area contributed by atoms with Gasteiger partial charge < -0.3 is 15.2 Å². The van der Waals surface area contributed by atoms with Gasteiger partial charge in [-0.25, -0.2) is 4.98 Å². The summed E-state index contributed by atoms with van der Waals surface area (Å²) in [7, 11) is 0. The van der Waals surface area contributed by atoms with E-state index in [1.807, 2.05) is 31.2 Å². The maximum absolute atomic E-state index is 13.5. The van der Waals surface area contributed by atoms with E-state index >= 15 is 0 Å². The van der Waals surface area contributed by atoms with Gasteiger partial charge in [0.1, 0.15) is 0 Å². The van der Waals surface area contributed by atoms with E-state index in [-0.39, 0.29) is 23.1 Å². The second-order valence-electron chi connectivity index (χ2n) is 8.20. The number of aromatic nitrogens is 4. The molecule has 1 saturated carbocycles. The second kappa shape index (κ2) is 7.58. The van der Waals surface area contributed by atoms with Crippen molar-refractivity contribution in [2.45, 2.75) is 39.0 Å². The zero-order valence-corrected chi connectivity index (χ0v) is 17.3. The lowest BCUT2D eigenvalue weighted by molar-refractivity contribution is 0.0887. The number of H-pyrrole nitrogens is 1. The lowest BCUT2D eigenvalue weighted by Crippen LogP contribution is -2.18. The number of hydrogen-bond donors (Lipinski definition) is 3. The number of nitrogens with one attached hydrogen (secondary N) is 1. The van der Waals surface area contributed by atoms with Gasteiger partial charge in [0.05, 0.1) is 40.0 Å². The predicted octanol–water partition coefficient (Wildman–Crippen LogP) is 4.90. The van der Waals surface area contributed by atoms with Crippen LogP contribution >= 0.6 is 0 Å². The number of nitrogens with zero attached hydrogens (tertiary/aromatic N) is 3. The van der Waals surface area contributed by atoms with Crippen LogP contribution in [0.15, 0.2) is 42.7 Å². The van der Waals surface area contributed by atoms with Crippen molar-refractivity contribution in [1.29, 1.82) is 0 Å². The van der Waals surface area contributed by atoms with Crippen molar-refractivity contribution in [3.63, 3.8) is 0 Å². The van der Waals surface area contributed by atoms with Gasteiger partial charge in [-0.3, -0.25) is 14.3 Å². The minimum absolute atomic E-state index is 0.132. The Kier molecular flexibility index (Phi) is 4.73. The lowest BCUT2D eigenvalue weighted by atomic mass is 9.83. The molecule has 0 saturated heterocycles. The molecule has 1 fully saturated rings. The van der Waals surface area contributed by atoms with Crippen LogP contribution in [0, 0.1) is 12.8 Å². The third-order valence-electron chi connectivity index (χ3n) is 6.14. The molecule has 0 radical (unpaired) electrons. The molecule has 0 unspecified atom stereocenters. The monoisotopic (exact) mass is 416 g/mol. The van der Waals surface area contributed by atoms with Crippen LogP contribution in [0.3, 0.4) is 0 Å². The number of fused-ring (bicyclic) bond motifs is 1. The molecule has 3 heterocycles. The highest BCUT2D eigenvalue weighted by Gasteiger charge is 2.34. The van der Waals surface area contributed by atoms with Gasteiger partial charge in [0.2, 0.25) is 5.88 Å². The van der Waals surface area contributed by atoms with Gasteiger partial charge in [0.25, 0.3) is 0 Å². The van der Waals surface area contributed by atoms with Crippen LogP contribution in [0.1, 0.15) is 48.2 Å². The number of aryl methyl sites for hydroxylation is 1. The first kappa shape index (κ1) is 19.4. The van der Waals surface area contributed by atoms with Gasteiger partial charge in [-0.15, -0.1) is 0 Å². The molecule has 0 spiro atoms. The maximum atomic E-state index is 13.5. The maximum Gasteiger partial charge on any atom is 0.240 e. The molecule has 1 aromatic carbocycles. The van der Waals surface area contributed by atoms with Crippen molar-refractivity contribution in [2.75, 3.05) is 0 Å². The molecule has 158 valence electrons. The summed E-state index contributed by atoms with van der Waals surface area (Å²) in [6, 6.07) is 11.0. The van der Waals surface area contributed by atoms with Crippen molar-refractivity contribution >= 4 is 16.8 Å². The summed E-state index contributed by atoms with van der Waals surface area (Å²) >= 11 is 0. The smallest absolute Gasteiger partial charge is 0.240 e. The van der Waals surface area contributed by atoms with Crippen molar-refractivity contribution < 1.29 is 15.0 Å². The Morgan fingerprint density at radius 1 is 1.13 bits per heavy atom. The summed E-state index contributed by atoms with van der Waals surface area (Å²) in [5.41, 5.74) is 4.04. The normalized spacial score (nSPS) is 14.9. The first-order valence-electron chi connectivity index (χ1n) is 10.6. The molecule has 3 N–H and O–H groups in total. The van der Waals surface area contributed by atoms with Crippen LogP contribution in [-0.2, 0) is 0 Å². The van der Waals surface area contributed by atoms with E-state index < -0.39 is 5.75 Å². The van der Waals surface area contributed by atoms with Gasteiger partial charge >= 0.3 is 0 Å². The van der Waals surface area contributed by atoms with Crippen LogP contribution in [0.5, 0.6) is 11.6 Å². The lowest BCUT2D eigenvalue weighted by Gasteiger charge is -2.20. The van der Waals surface area contributed by atoms with E-state index in [0.717, 1.165) is 48.8 Å². The molecule has 1 aliphatic rings. The topological polar surface area (TPSA) is 104 Å². The molecular weight excluding hydrogens is 392 g/mol. The minimum atomic E-state index is -0.390. The van der Waals surface area contributed by atoms with Crippen molar-refractivity contribution in [3.8, 4) is 28.7 Å². The largest absolute Gasteiger partial charge is 0.503 e. The van der Waals surface area contributed by atoms with Crippen molar-refractivity contribution in [3.05, 3.63) is 54.0 Å². The Morgan fingerprint density at radius 2 is 1.94 bits per heavy atom. The molecule has 0 bridgehead atoms. The first-order valence-corrected chi connectivity index (χ1v) is 10.6. The van der Waals surface area contributed by atoms with Crippen LogP contribution in [0.4, 0.5) is 0 Å². The molecule has 3 aromatic heterocycles. The van der Waals surface area contributed by atoms with Gasteiger partial charge in [-0.1, -0.05) is 25.3 Å². The van der Waals surface area contributed by atoms with Crippen LogP contribution < -0.4 is 0 Å². The van der Waals surface area contributed by atoms with E-state index in [2.05, 4.69) is 15.0 Å². The van der Waals surface area contributed by atoms with E-state index in [4.69, 9.17) is 0 Å². The molecule has 4 aromatic rings. The van der Waals surface area contributed by atoms with Gasteiger partial charge in [0, 0.05) is 11.6 Å². The minimum Gasteiger partial charge on any atom is -0.503 e. The molecule has 31 heavy (non-hydrogen) atoms. The molecule has 1 aliphatic carbocycles. The van der Waals surface area contributed by atoms with Crippen LogP contribution in [-0.4, -0.2) is 35.5 Å². The fraction of sp³-hybridized carbons (Fsp3) is 0.292. The Morgan fingerprint density at radius 3 is 2.71 bits per heavy atom. The van der Waals surface area contributed by atoms with Crippen LogP contribution in [0.25, 0.3) is 28.1 Å². The predicted molar refractivity (Wildman–Crippen MR) is 118 cm³/mol. The molecule has 5 rings (SSSR count). The second-order valence-corrected chi connectivity index (χ2v) is 8.20. The highest BCUT2D eigenvalue weighted by atomic mass is 16.3. The third kappa shape index (κ3) is 3.26. The number of ketones is 1. The average Bonchev–Trinajstić information content (AvgIpc) is 3.36. The summed E-state index contributed by atoms with van der Waals surface area (Å²) < 4.78 is 1.51. The Balaban J connectivity index is 1.76. The van der Waals surface area contributed by atoms with Crippen LogP contribution in [0.2, 0.25) is 0 Å². The summed E-state index contributed by atoms with van der Waals surface area (Å²) in [6.45, 7) is 1.87. The molecule has 7 nitrogen and oxygen atoms in total. The fourth-order valence-corrected chi connectivity index (χ4v) is 4.58. The number of carbonyl (C=O) groups excluding carboxylic acids is 1. The zero-order chi connectivity index (χ0) is 21.5. The molecule has 0 amide bonds. The third-order valence-corrected chi connectivity index (χ3v) is 6.14. The number of imidazole rings is 1. The summed E-state index contributed by atoms with van der Waals surface area (Å²) in [5.74, 6) is -1.05. The van der Waals surface area contributed by atoms with E-state index in [1.54, 1.807) is 18.5 Å². The molecule has 0 atom stereocenters. The Hall–Kier alpha value is -3.61. The zero-order valence-electron chi connectivity index (χ0n) is 17.3. The molecule has 0 aliphatic heterocycles. The summed E-state index contributed by atoms with van der Waals surface area (Å²) in [6.07, 6.45) is 6.31. The van der Waals surface area contributed by atoms with Gasteiger partial charge in [-0.05, 0) is 50.1 Å². The quantitative estimate of drug-likeness (QED) is 0.411. The van der Waals surface area contributed by atoms with Gasteiger partial charge in [0.15, 0.2) is 11.5 Å². The summed E-state index contributed by atoms with van der Waals surface area (Å²) in [4.78, 5) is 25.4. The number of hydrogen-bond acceptors (Lipinski definition) is 5. The summed E-state index contributed by atoms with van der Waals surface area (Å²) in [5, 5.41) is 21.9. The van der Waals surface area contributed by atoms with E-state index in [9.17, 15) is 15.0 Å².